The molecule has 4 aromatic rings. The van der Waals surface area contributed by atoms with E-state index in [-0.39, 0.29) is 12.3 Å². The molecule has 0 radical (unpaired) electrons. The van der Waals surface area contributed by atoms with E-state index in [1.165, 1.54) is 11.3 Å². The maximum Gasteiger partial charge on any atom is 0.233 e. The van der Waals surface area contributed by atoms with E-state index >= 15 is 0 Å². The van der Waals surface area contributed by atoms with Crippen molar-refractivity contribution in [2.24, 2.45) is 0 Å². The van der Waals surface area contributed by atoms with E-state index in [1.807, 2.05) is 60.7 Å². The van der Waals surface area contributed by atoms with Crippen LogP contribution in [-0.2, 0) is 17.8 Å². The topological polar surface area (TPSA) is 55.3 Å². The number of benzene rings is 2. The molecule has 2 aromatic heterocycles. The van der Waals surface area contributed by atoms with Gasteiger partial charge in [-0.25, -0.2) is 4.98 Å². The number of carbonyl (C=O) groups is 1. The fourth-order valence-corrected chi connectivity index (χ4v) is 4.47. The molecule has 5 nitrogen and oxygen atoms in total. The zero-order valence-corrected chi connectivity index (χ0v) is 18.1. The fourth-order valence-electron chi connectivity index (χ4n) is 2.93. The zero-order valence-electron chi connectivity index (χ0n) is 15.7. The summed E-state index contributed by atoms with van der Waals surface area (Å²) in [5.74, 6) is 0.738. The summed E-state index contributed by atoms with van der Waals surface area (Å²) >= 11 is 5.00. The molecule has 0 unspecified atom stereocenters. The molecule has 0 bridgehead atoms. The highest BCUT2D eigenvalue weighted by Crippen LogP contribution is 2.32. The number of hydrogen-bond acceptors (Lipinski definition) is 5. The minimum Gasteiger partial charge on any atom is -0.497 e. The van der Waals surface area contributed by atoms with E-state index in [9.17, 15) is 4.79 Å². The van der Waals surface area contributed by atoms with Gasteiger partial charge in [0.1, 0.15) is 5.75 Å². The molecule has 1 amide bonds. The van der Waals surface area contributed by atoms with Gasteiger partial charge in [-0.2, -0.15) is 0 Å². The van der Waals surface area contributed by atoms with Gasteiger partial charge in [0, 0.05) is 10.7 Å². The predicted octanol–water partition coefficient (Wildman–Crippen LogP) is 5.24. The van der Waals surface area contributed by atoms with Crippen LogP contribution in [0.15, 0.2) is 71.3 Å². The molecular weight excluding hydrogens is 450 g/mol. The summed E-state index contributed by atoms with van der Waals surface area (Å²) in [7, 11) is 1.63. The lowest BCUT2D eigenvalue weighted by molar-refractivity contribution is -0.118. The minimum atomic E-state index is -0.0288. The number of fused-ring (bicyclic) bond motifs is 1. The van der Waals surface area contributed by atoms with Crippen LogP contribution in [0.25, 0.3) is 10.2 Å². The van der Waals surface area contributed by atoms with Crippen molar-refractivity contribution >= 4 is 48.5 Å². The number of carbonyl (C=O) groups excluding carboxylic acids is 1. The number of amides is 1. The monoisotopic (exact) mass is 467 g/mol. The second-order valence-electron chi connectivity index (χ2n) is 6.43. The molecule has 0 saturated heterocycles. The number of nitrogens with zero attached hydrogens (tertiary/aromatic N) is 3. The van der Waals surface area contributed by atoms with Crippen LogP contribution in [0, 0.1) is 0 Å². The summed E-state index contributed by atoms with van der Waals surface area (Å²) in [6.45, 7) is 0.372. The molecule has 0 atom stereocenters. The summed E-state index contributed by atoms with van der Waals surface area (Å²) in [5, 5.41) is 0.669. The molecule has 0 aliphatic carbocycles. The van der Waals surface area contributed by atoms with E-state index in [0.29, 0.717) is 11.7 Å². The SMILES string of the molecule is COc1ccc(CC(=O)N(Cc2ccccn2)c2nc3ccc(Br)cc3s2)cc1. The van der Waals surface area contributed by atoms with Gasteiger partial charge in [0.15, 0.2) is 5.13 Å². The number of aromatic nitrogens is 2. The van der Waals surface area contributed by atoms with Crippen LogP contribution in [0.2, 0.25) is 0 Å². The first-order valence-electron chi connectivity index (χ1n) is 9.01. The minimum absolute atomic E-state index is 0.0288. The molecule has 0 N–H and O–H groups in total. The van der Waals surface area contributed by atoms with Gasteiger partial charge in [0.05, 0.1) is 36.0 Å². The lowest BCUT2D eigenvalue weighted by atomic mass is 10.1. The van der Waals surface area contributed by atoms with Crippen LogP contribution >= 0.6 is 27.3 Å². The van der Waals surface area contributed by atoms with Gasteiger partial charge in [-0.05, 0) is 48.0 Å². The van der Waals surface area contributed by atoms with E-state index < -0.39 is 0 Å². The van der Waals surface area contributed by atoms with Crippen LogP contribution in [0.4, 0.5) is 5.13 Å². The van der Waals surface area contributed by atoms with Crippen LogP contribution in [0.3, 0.4) is 0 Å². The molecular formula is C22H18BrN3O2S. The van der Waals surface area contributed by atoms with Crippen LogP contribution < -0.4 is 9.64 Å². The molecule has 0 fully saturated rings. The van der Waals surface area contributed by atoms with Gasteiger partial charge in [0.2, 0.25) is 5.91 Å². The number of ether oxygens (including phenoxy) is 1. The molecule has 4 rings (SSSR count). The number of pyridine rings is 1. The third-order valence-electron chi connectivity index (χ3n) is 4.43. The highest BCUT2D eigenvalue weighted by molar-refractivity contribution is 9.10. The van der Waals surface area contributed by atoms with E-state index in [0.717, 1.165) is 31.7 Å². The lowest BCUT2D eigenvalue weighted by Crippen LogP contribution is -2.32. The Morgan fingerprint density at radius 1 is 1.14 bits per heavy atom. The normalized spacial score (nSPS) is 10.8. The molecule has 2 aromatic carbocycles. The van der Waals surface area contributed by atoms with Gasteiger partial charge in [-0.1, -0.05) is 45.5 Å². The highest BCUT2D eigenvalue weighted by Gasteiger charge is 2.21. The lowest BCUT2D eigenvalue weighted by Gasteiger charge is -2.19. The number of rotatable bonds is 6. The largest absolute Gasteiger partial charge is 0.497 e. The Balaban J connectivity index is 1.65. The van der Waals surface area contributed by atoms with Gasteiger partial charge >= 0.3 is 0 Å². The number of halogens is 1. The number of methoxy groups -OCH3 is 1. The molecule has 0 spiro atoms. The Morgan fingerprint density at radius 2 is 1.97 bits per heavy atom. The summed E-state index contributed by atoms with van der Waals surface area (Å²) in [6.07, 6.45) is 2.01. The second kappa shape index (κ2) is 8.71. The Hall–Kier alpha value is -2.77. The van der Waals surface area contributed by atoms with Crippen LogP contribution in [0.5, 0.6) is 5.75 Å². The average molecular weight is 468 g/mol. The molecule has 146 valence electrons. The first-order valence-corrected chi connectivity index (χ1v) is 10.6. The first kappa shape index (κ1) is 19.5. The summed E-state index contributed by atoms with van der Waals surface area (Å²) < 4.78 is 7.21. The summed E-state index contributed by atoms with van der Waals surface area (Å²) in [4.78, 5) is 24.0. The maximum atomic E-state index is 13.2. The standard InChI is InChI=1S/C22H18BrN3O2S/c1-28-18-8-5-15(6-9-18)12-21(27)26(14-17-4-2-3-11-24-17)22-25-19-10-7-16(23)13-20(19)29-22/h2-11,13H,12,14H2,1H3. The maximum absolute atomic E-state index is 13.2. The number of hydrogen-bond donors (Lipinski definition) is 0. The Labute approximate surface area is 181 Å². The Kier molecular flexibility index (Phi) is 5.87. The molecule has 7 heteroatoms. The average Bonchev–Trinajstić information content (AvgIpc) is 3.16. The quantitative estimate of drug-likeness (QED) is 0.389. The number of thiazole rings is 1. The molecule has 0 saturated carbocycles. The van der Waals surface area contributed by atoms with Gasteiger partial charge in [-0.15, -0.1) is 0 Å². The number of anilines is 1. The Bertz CT molecular complexity index is 1130. The molecule has 2 heterocycles. The van der Waals surface area contributed by atoms with E-state index in [1.54, 1.807) is 18.2 Å². The molecule has 0 aliphatic rings. The smallest absolute Gasteiger partial charge is 0.233 e. The van der Waals surface area contributed by atoms with Gasteiger partial charge in [0.25, 0.3) is 0 Å². The predicted molar refractivity (Wildman–Crippen MR) is 119 cm³/mol. The summed E-state index contributed by atoms with van der Waals surface area (Å²) in [6, 6.07) is 19.2. The van der Waals surface area contributed by atoms with Gasteiger partial charge < -0.3 is 4.74 Å². The second-order valence-corrected chi connectivity index (χ2v) is 8.36. The third kappa shape index (κ3) is 4.63. The van der Waals surface area contributed by atoms with Crippen molar-refractivity contribution in [2.45, 2.75) is 13.0 Å². The highest BCUT2D eigenvalue weighted by atomic mass is 79.9. The van der Waals surface area contributed by atoms with Crippen LogP contribution in [0.1, 0.15) is 11.3 Å². The van der Waals surface area contributed by atoms with Gasteiger partial charge in [-0.3, -0.25) is 14.7 Å². The first-order chi connectivity index (χ1) is 14.1. The van der Waals surface area contributed by atoms with Crippen molar-refractivity contribution in [3.8, 4) is 5.75 Å². The van der Waals surface area contributed by atoms with E-state index in [2.05, 4.69) is 20.9 Å². The van der Waals surface area contributed by atoms with Crippen molar-refractivity contribution in [1.82, 2.24) is 9.97 Å². The van der Waals surface area contributed by atoms with Crippen molar-refractivity contribution in [3.05, 3.63) is 82.6 Å². The van der Waals surface area contributed by atoms with Crippen LogP contribution in [-0.4, -0.2) is 23.0 Å². The van der Waals surface area contributed by atoms with Crippen molar-refractivity contribution in [3.63, 3.8) is 0 Å². The van der Waals surface area contributed by atoms with Crippen molar-refractivity contribution in [1.29, 1.82) is 0 Å². The molecule has 29 heavy (non-hydrogen) atoms. The Morgan fingerprint density at radius 3 is 2.69 bits per heavy atom. The molecule has 0 aliphatic heterocycles. The fraction of sp³-hybridized carbons (Fsp3) is 0.136. The van der Waals surface area contributed by atoms with E-state index in [4.69, 9.17) is 9.72 Å². The third-order valence-corrected chi connectivity index (χ3v) is 5.97. The van der Waals surface area contributed by atoms with Crippen molar-refractivity contribution < 1.29 is 9.53 Å². The van der Waals surface area contributed by atoms with Crippen molar-refractivity contribution in [2.75, 3.05) is 12.0 Å². The summed E-state index contributed by atoms with van der Waals surface area (Å²) in [5.41, 5.74) is 2.61. The zero-order chi connectivity index (χ0) is 20.2.